The minimum Gasteiger partial charge on any atom is -0.326 e. The standard InChI is InChI=1S/C9H18N3O3P/c1-9(2,7-15-16(3,4)14)12-6-5-10-8(12)11-13/h5-6,13H,7H2,1-4H3,(H,10,11). The zero-order chi connectivity index (χ0) is 12.4. The van der Waals surface area contributed by atoms with E-state index in [0.29, 0.717) is 5.95 Å². The van der Waals surface area contributed by atoms with Crippen LogP contribution in [-0.2, 0) is 14.6 Å². The van der Waals surface area contributed by atoms with Gasteiger partial charge in [-0.05, 0) is 13.8 Å². The van der Waals surface area contributed by atoms with Gasteiger partial charge in [0.05, 0.1) is 12.1 Å². The van der Waals surface area contributed by atoms with E-state index in [1.807, 2.05) is 19.3 Å². The fourth-order valence-corrected chi connectivity index (χ4v) is 1.88. The average Bonchev–Trinajstić information content (AvgIpc) is 2.62. The normalized spacial score (nSPS) is 12.8. The first-order valence-corrected chi connectivity index (χ1v) is 7.42. The Morgan fingerprint density at radius 2 is 2.25 bits per heavy atom. The molecule has 0 aliphatic heterocycles. The van der Waals surface area contributed by atoms with Gasteiger partial charge in [0.2, 0.25) is 5.95 Å². The summed E-state index contributed by atoms with van der Waals surface area (Å²) in [4.78, 5) is 3.92. The van der Waals surface area contributed by atoms with Gasteiger partial charge in [-0.25, -0.2) is 10.5 Å². The molecule has 0 radical (unpaired) electrons. The molecule has 0 atom stereocenters. The van der Waals surface area contributed by atoms with E-state index in [0.717, 1.165) is 0 Å². The molecule has 0 bridgehead atoms. The summed E-state index contributed by atoms with van der Waals surface area (Å²) >= 11 is 0. The van der Waals surface area contributed by atoms with Crippen molar-refractivity contribution in [3.63, 3.8) is 0 Å². The first-order chi connectivity index (χ1) is 7.26. The lowest BCUT2D eigenvalue weighted by Crippen LogP contribution is -2.32. The third-order valence-corrected chi connectivity index (χ3v) is 2.87. The van der Waals surface area contributed by atoms with Crippen LogP contribution in [0, 0.1) is 0 Å². The predicted octanol–water partition coefficient (Wildman–Crippen LogP) is 1.97. The van der Waals surface area contributed by atoms with Crippen LogP contribution in [0.4, 0.5) is 5.95 Å². The van der Waals surface area contributed by atoms with Crippen molar-refractivity contribution >= 4 is 13.3 Å². The lowest BCUT2D eigenvalue weighted by Gasteiger charge is -2.28. The maximum Gasteiger partial charge on any atom is 0.227 e. The van der Waals surface area contributed by atoms with Gasteiger partial charge in [0.25, 0.3) is 0 Å². The van der Waals surface area contributed by atoms with E-state index in [-0.39, 0.29) is 6.61 Å². The third-order valence-electron chi connectivity index (χ3n) is 2.12. The average molecular weight is 247 g/mol. The van der Waals surface area contributed by atoms with Crippen molar-refractivity contribution in [2.24, 2.45) is 0 Å². The summed E-state index contributed by atoms with van der Waals surface area (Å²) in [7, 11) is -2.50. The molecule has 16 heavy (non-hydrogen) atoms. The zero-order valence-corrected chi connectivity index (χ0v) is 10.9. The van der Waals surface area contributed by atoms with Gasteiger partial charge in [-0.2, -0.15) is 0 Å². The van der Waals surface area contributed by atoms with E-state index in [1.54, 1.807) is 30.3 Å². The molecule has 92 valence electrons. The van der Waals surface area contributed by atoms with E-state index in [9.17, 15) is 4.57 Å². The zero-order valence-electron chi connectivity index (χ0n) is 9.97. The van der Waals surface area contributed by atoms with E-state index in [4.69, 9.17) is 9.73 Å². The topological polar surface area (TPSA) is 76.4 Å². The summed E-state index contributed by atoms with van der Waals surface area (Å²) < 4.78 is 18.5. The summed E-state index contributed by atoms with van der Waals surface area (Å²) in [6.45, 7) is 7.24. The van der Waals surface area contributed by atoms with Gasteiger partial charge in [0.15, 0.2) is 7.37 Å². The highest BCUT2D eigenvalue weighted by Crippen LogP contribution is 2.39. The second kappa shape index (κ2) is 4.57. The first kappa shape index (κ1) is 13.2. The van der Waals surface area contributed by atoms with Gasteiger partial charge in [-0.15, -0.1) is 0 Å². The monoisotopic (exact) mass is 247 g/mol. The number of nitrogens with one attached hydrogen (secondary N) is 1. The van der Waals surface area contributed by atoms with Crippen LogP contribution in [0.25, 0.3) is 0 Å². The molecule has 0 amide bonds. The highest BCUT2D eigenvalue weighted by molar-refractivity contribution is 7.57. The van der Waals surface area contributed by atoms with Crippen molar-refractivity contribution in [1.29, 1.82) is 0 Å². The Morgan fingerprint density at radius 3 is 2.75 bits per heavy atom. The Labute approximate surface area is 95.0 Å². The van der Waals surface area contributed by atoms with Gasteiger partial charge in [-0.3, -0.25) is 9.77 Å². The van der Waals surface area contributed by atoms with E-state index < -0.39 is 12.9 Å². The van der Waals surface area contributed by atoms with Crippen LogP contribution in [0.1, 0.15) is 13.8 Å². The quantitative estimate of drug-likeness (QED) is 0.614. The van der Waals surface area contributed by atoms with Crippen LogP contribution in [0.15, 0.2) is 12.4 Å². The van der Waals surface area contributed by atoms with Gasteiger partial charge >= 0.3 is 0 Å². The van der Waals surface area contributed by atoms with E-state index in [2.05, 4.69) is 4.98 Å². The maximum atomic E-state index is 11.5. The van der Waals surface area contributed by atoms with Gasteiger partial charge in [-0.1, -0.05) is 0 Å². The molecule has 6 nitrogen and oxygen atoms in total. The number of nitrogens with zero attached hydrogens (tertiary/aromatic N) is 2. The minimum atomic E-state index is -2.50. The number of hydrogen-bond donors (Lipinski definition) is 2. The Morgan fingerprint density at radius 1 is 1.62 bits per heavy atom. The fourth-order valence-electron chi connectivity index (χ4n) is 1.26. The summed E-state index contributed by atoms with van der Waals surface area (Å²) in [5.74, 6) is 0.329. The largest absolute Gasteiger partial charge is 0.326 e. The highest BCUT2D eigenvalue weighted by atomic mass is 31.2. The molecule has 0 aliphatic rings. The summed E-state index contributed by atoms with van der Waals surface area (Å²) in [6.07, 6.45) is 3.29. The highest BCUT2D eigenvalue weighted by Gasteiger charge is 2.25. The van der Waals surface area contributed by atoms with Crippen molar-refractivity contribution in [3.05, 3.63) is 12.4 Å². The molecule has 7 heteroatoms. The predicted molar refractivity (Wildman–Crippen MR) is 62.4 cm³/mol. The van der Waals surface area contributed by atoms with Crippen LogP contribution in [0.2, 0.25) is 0 Å². The lowest BCUT2D eigenvalue weighted by molar-refractivity contribution is 0.187. The van der Waals surface area contributed by atoms with Crippen LogP contribution in [-0.4, -0.2) is 34.7 Å². The van der Waals surface area contributed by atoms with Crippen LogP contribution < -0.4 is 5.48 Å². The SMILES string of the molecule is CC(C)(COP(C)(C)=O)n1ccnc1NO. The van der Waals surface area contributed by atoms with Crippen molar-refractivity contribution in [3.8, 4) is 0 Å². The number of imidazole rings is 1. The molecule has 0 unspecified atom stereocenters. The molecule has 1 aromatic heterocycles. The minimum absolute atomic E-state index is 0.280. The Kier molecular flexibility index (Phi) is 3.78. The molecule has 0 saturated heterocycles. The first-order valence-electron chi connectivity index (χ1n) is 4.90. The molecule has 1 aromatic rings. The maximum absolute atomic E-state index is 11.5. The molecule has 1 rings (SSSR count). The van der Waals surface area contributed by atoms with Crippen molar-refractivity contribution in [1.82, 2.24) is 9.55 Å². The van der Waals surface area contributed by atoms with Gasteiger partial charge in [0, 0.05) is 25.7 Å². The molecule has 0 fully saturated rings. The Hall–Kier alpha value is -0.840. The van der Waals surface area contributed by atoms with Gasteiger partial charge < -0.3 is 9.09 Å². The lowest BCUT2D eigenvalue weighted by atomic mass is 10.1. The van der Waals surface area contributed by atoms with Crippen molar-refractivity contribution in [2.75, 3.05) is 25.4 Å². The van der Waals surface area contributed by atoms with Crippen LogP contribution >= 0.6 is 7.37 Å². The fraction of sp³-hybridized carbons (Fsp3) is 0.667. The molecular formula is C9H18N3O3P. The van der Waals surface area contributed by atoms with Crippen molar-refractivity contribution < 1.29 is 14.3 Å². The molecule has 1 heterocycles. The molecule has 0 saturated carbocycles. The molecule has 0 aliphatic carbocycles. The Balaban J connectivity index is 2.81. The van der Waals surface area contributed by atoms with Crippen LogP contribution in [0.3, 0.4) is 0 Å². The third kappa shape index (κ3) is 3.33. The Bertz CT molecular complexity index is 396. The number of hydrogen-bond acceptors (Lipinski definition) is 5. The summed E-state index contributed by atoms with van der Waals surface area (Å²) in [6, 6.07) is 0. The molecule has 0 spiro atoms. The second-order valence-corrected chi connectivity index (χ2v) is 7.33. The summed E-state index contributed by atoms with van der Waals surface area (Å²) in [5, 5.41) is 8.87. The number of aromatic nitrogens is 2. The van der Waals surface area contributed by atoms with E-state index in [1.165, 1.54) is 0 Å². The molecular weight excluding hydrogens is 229 g/mol. The molecule has 2 N–H and O–H groups in total. The number of rotatable bonds is 5. The van der Waals surface area contributed by atoms with Crippen molar-refractivity contribution in [2.45, 2.75) is 19.4 Å². The number of anilines is 1. The molecule has 0 aromatic carbocycles. The smallest absolute Gasteiger partial charge is 0.227 e. The summed E-state index contributed by atoms with van der Waals surface area (Å²) in [5.41, 5.74) is 1.56. The second-order valence-electron chi connectivity index (χ2n) is 4.57. The van der Waals surface area contributed by atoms with E-state index >= 15 is 0 Å². The van der Waals surface area contributed by atoms with Crippen LogP contribution in [0.5, 0.6) is 0 Å². The van der Waals surface area contributed by atoms with Gasteiger partial charge in [0.1, 0.15) is 0 Å².